The molecule has 0 aromatic heterocycles. The Morgan fingerprint density at radius 3 is 2.37 bits per heavy atom. The van der Waals surface area contributed by atoms with Crippen molar-refractivity contribution in [3.05, 3.63) is 46.5 Å². The number of hydrogen-bond donors (Lipinski definition) is 1. The van der Waals surface area contributed by atoms with Gasteiger partial charge in [0.25, 0.3) is 0 Å². The number of nitrogen functional groups attached to an aromatic ring is 1. The van der Waals surface area contributed by atoms with E-state index in [4.69, 9.17) is 12.2 Å². The van der Waals surface area contributed by atoms with Crippen molar-refractivity contribution < 1.29 is 0 Å². The molecule has 0 saturated carbocycles. The molecule has 0 aliphatic carbocycles. The van der Waals surface area contributed by atoms with Crippen LogP contribution in [0.25, 0.3) is 5.57 Å². The van der Waals surface area contributed by atoms with Gasteiger partial charge in [-0.05, 0) is 69.4 Å². The van der Waals surface area contributed by atoms with Gasteiger partial charge in [0.15, 0.2) is 0 Å². The molecule has 0 amide bonds. The van der Waals surface area contributed by atoms with Gasteiger partial charge in [0.2, 0.25) is 0 Å². The van der Waals surface area contributed by atoms with E-state index in [-0.39, 0.29) is 0 Å². The fourth-order valence-electron chi connectivity index (χ4n) is 2.20. The maximum absolute atomic E-state index is 6.03. The van der Waals surface area contributed by atoms with Gasteiger partial charge < -0.3 is 5.73 Å². The Morgan fingerprint density at radius 2 is 1.89 bits per heavy atom. The van der Waals surface area contributed by atoms with Gasteiger partial charge in [-0.15, -0.1) is 13.0 Å². The lowest BCUT2D eigenvalue weighted by Crippen LogP contribution is -2.00. The summed E-state index contributed by atoms with van der Waals surface area (Å²) in [6.45, 7) is 12.3. The Kier molecular flexibility index (Phi) is 5.01. The Hall–Kier alpha value is -1.94. The molecule has 0 radical (unpaired) electrons. The van der Waals surface area contributed by atoms with Gasteiger partial charge in [-0.2, -0.15) is 0 Å². The first-order valence-corrected chi connectivity index (χ1v) is 6.55. The molecule has 0 saturated heterocycles. The van der Waals surface area contributed by atoms with Gasteiger partial charge in [-0.3, -0.25) is 0 Å². The third kappa shape index (κ3) is 3.51. The lowest BCUT2D eigenvalue weighted by molar-refractivity contribution is 0.986. The fraction of sp³-hybridized carbons (Fsp3) is 0.333. The van der Waals surface area contributed by atoms with E-state index in [2.05, 4.69) is 33.3 Å². The van der Waals surface area contributed by atoms with Crippen molar-refractivity contribution in [2.75, 3.05) is 5.73 Å². The van der Waals surface area contributed by atoms with Crippen LogP contribution in [0.5, 0.6) is 0 Å². The molecule has 2 N–H and O–H groups in total. The smallest absolute Gasteiger partial charge is 0.0350 e. The lowest BCUT2D eigenvalue weighted by atomic mass is 9.88. The summed E-state index contributed by atoms with van der Waals surface area (Å²) in [6, 6.07) is 3.82. The first kappa shape index (κ1) is 15.1. The minimum atomic E-state index is 0.795. The molecular weight excluding hydrogens is 230 g/mol. The van der Waals surface area contributed by atoms with Gasteiger partial charge in [-0.25, -0.2) is 0 Å². The van der Waals surface area contributed by atoms with E-state index in [9.17, 15) is 0 Å². The zero-order valence-corrected chi connectivity index (χ0v) is 12.4. The van der Waals surface area contributed by atoms with Crippen molar-refractivity contribution in [2.45, 2.75) is 40.5 Å². The molecule has 0 heterocycles. The first-order valence-electron chi connectivity index (χ1n) is 6.55. The predicted octanol–water partition coefficient (Wildman–Crippen LogP) is 4.71. The molecule has 0 unspecified atom stereocenters. The summed E-state index contributed by atoms with van der Waals surface area (Å²) >= 11 is 0. The van der Waals surface area contributed by atoms with E-state index >= 15 is 0 Å². The van der Waals surface area contributed by atoms with Gasteiger partial charge >= 0.3 is 0 Å². The molecule has 19 heavy (non-hydrogen) atoms. The van der Waals surface area contributed by atoms with Crippen molar-refractivity contribution >= 4 is 11.3 Å². The third-order valence-electron chi connectivity index (χ3n) is 3.37. The topological polar surface area (TPSA) is 26.0 Å². The first-order chi connectivity index (χ1) is 8.88. The van der Waals surface area contributed by atoms with Crippen molar-refractivity contribution in [2.24, 2.45) is 0 Å². The molecule has 0 atom stereocenters. The summed E-state index contributed by atoms with van der Waals surface area (Å²) in [6.07, 6.45) is 7.56. The lowest BCUT2D eigenvalue weighted by Gasteiger charge is -2.17. The highest BCUT2D eigenvalue weighted by Gasteiger charge is 2.13. The van der Waals surface area contributed by atoms with Crippen LogP contribution in [0.2, 0.25) is 0 Å². The van der Waals surface area contributed by atoms with Crippen molar-refractivity contribution in [1.29, 1.82) is 0 Å². The number of nitrogens with two attached hydrogens (primary N) is 1. The van der Waals surface area contributed by atoms with Crippen LogP contribution >= 0.6 is 0 Å². The number of rotatable bonds is 4. The Balaban J connectivity index is 3.40. The molecule has 0 bridgehead atoms. The summed E-state index contributed by atoms with van der Waals surface area (Å²) in [4.78, 5) is 0. The van der Waals surface area contributed by atoms with Gasteiger partial charge in [0, 0.05) is 11.3 Å². The minimum absolute atomic E-state index is 0.795. The van der Waals surface area contributed by atoms with Crippen LogP contribution in [0.15, 0.2) is 29.9 Å². The second kappa shape index (κ2) is 6.29. The van der Waals surface area contributed by atoms with E-state index in [1.807, 2.05) is 19.1 Å². The molecular formula is C18H23N. The highest BCUT2D eigenvalue weighted by atomic mass is 14.6. The highest BCUT2D eigenvalue weighted by Crippen LogP contribution is 2.32. The van der Waals surface area contributed by atoms with Gasteiger partial charge in [0.05, 0.1) is 0 Å². The molecule has 0 aliphatic heterocycles. The van der Waals surface area contributed by atoms with Crippen LogP contribution in [-0.4, -0.2) is 0 Å². The molecule has 0 aliphatic rings. The molecule has 1 aromatic carbocycles. The van der Waals surface area contributed by atoms with Crippen LogP contribution in [0.4, 0.5) is 5.69 Å². The van der Waals surface area contributed by atoms with E-state index < -0.39 is 0 Å². The van der Waals surface area contributed by atoms with Crippen LogP contribution in [0.3, 0.4) is 0 Å². The summed E-state index contributed by atoms with van der Waals surface area (Å²) < 4.78 is 0. The van der Waals surface area contributed by atoms with Gasteiger partial charge in [-0.1, -0.05) is 17.1 Å². The van der Waals surface area contributed by atoms with Crippen molar-refractivity contribution in [3.8, 4) is 12.3 Å². The van der Waals surface area contributed by atoms with E-state index in [1.165, 1.54) is 16.7 Å². The summed E-state index contributed by atoms with van der Waals surface area (Å²) in [7, 11) is 0. The maximum Gasteiger partial charge on any atom is 0.0350 e. The minimum Gasteiger partial charge on any atom is -0.398 e. The molecule has 1 nitrogen and oxygen atoms in total. The standard InChI is InChI=1S/C18H23N/c1-7-15-9-11-17(19)14(6)18(15)16(13(4)5)10-8-12(2)3/h1,9,11H,2,8,10,19H2,3-6H3. The molecule has 1 aromatic rings. The monoisotopic (exact) mass is 253 g/mol. The molecule has 0 fully saturated rings. The number of benzene rings is 1. The molecule has 0 spiro atoms. The molecule has 1 heteroatoms. The normalized spacial score (nSPS) is 9.84. The Labute approximate surface area is 117 Å². The van der Waals surface area contributed by atoms with Crippen LogP contribution in [0, 0.1) is 19.3 Å². The van der Waals surface area contributed by atoms with Crippen LogP contribution in [0.1, 0.15) is 50.3 Å². The Morgan fingerprint density at radius 1 is 1.26 bits per heavy atom. The number of hydrogen-bond acceptors (Lipinski definition) is 1. The fourth-order valence-corrected chi connectivity index (χ4v) is 2.20. The summed E-state index contributed by atoms with van der Waals surface area (Å²) in [5.74, 6) is 2.77. The quantitative estimate of drug-likeness (QED) is 0.469. The number of anilines is 1. The zero-order chi connectivity index (χ0) is 14.6. The van der Waals surface area contributed by atoms with E-state index in [0.29, 0.717) is 0 Å². The highest BCUT2D eigenvalue weighted by molar-refractivity contribution is 5.78. The van der Waals surface area contributed by atoms with Crippen LogP contribution in [-0.2, 0) is 0 Å². The maximum atomic E-state index is 6.03. The largest absolute Gasteiger partial charge is 0.398 e. The number of allylic oxidation sites excluding steroid dienone is 3. The molecule has 100 valence electrons. The van der Waals surface area contributed by atoms with E-state index in [0.717, 1.165) is 35.2 Å². The van der Waals surface area contributed by atoms with E-state index in [1.54, 1.807) is 0 Å². The molecule has 1 rings (SSSR count). The SMILES string of the molecule is C#Cc1ccc(N)c(C)c1C(CCC(=C)C)=C(C)C. The van der Waals surface area contributed by atoms with Crippen LogP contribution < -0.4 is 5.73 Å². The average molecular weight is 253 g/mol. The second-order valence-electron chi connectivity index (χ2n) is 5.28. The van der Waals surface area contributed by atoms with Crippen molar-refractivity contribution in [1.82, 2.24) is 0 Å². The zero-order valence-electron chi connectivity index (χ0n) is 12.4. The van der Waals surface area contributed by atoms with Crippen molar-refractivity contribution in [3.63, 3.8) is 0 Å². The number of terminal acetylenes is 1. The second-order valence-corrected chi connectivity index (χ2v) is 5.28. The summed E-state index contributed by atoms with van der Waals surface area (Å²) in [5, 5.41) is 0. The Bertz CT molecular complexity index is 564. The third-order valence-corrected chi connectivity index (χ3v) is 3.37. The van der Waals surface area contributed by atoms with Gasteiger partial charge in [0.1, 0.15) is 0 Å². The average Bonchev–Trinajstić information content (AvgIpc) is 2.34. The summed E-state index contributed by atoms with van der Waals surface area (Å²) in [5.41, 5.74) is 13.7. The predicted molar refractivity (Wildman–Crippen MR) is 85.8 cm³/mol.